The lowest BCUT2D eigenvalue weighted by Gasteiger charge is -2.32. The molecule has 0 spiro atoms. The molecule has 2 heterocycles. The monoisotopic (exact) mass is 359 g/mol. The van der Waals surface area contributed by atoms with Gasteiger partial charge in [-0.05, 0) is 43.9 Å². The molecule has 1 saturated carbocycles. The van der Waals surface area contributed by atoms with Crippen molar-refractivity contribution in [1.82, 2.24) is 14.9 Å². The quantitative estimate of drug-likeness (QED) is 0.814. The first-order chi connectivity index (χ1) is 12.6. The summed E-state index contributed by atoms with van der Waals surface area (Å²) in [6.45, 7) is 3.17. The zero-order valence-corrected chi connectivity index (χ0v) is 15.7. The molecular formula is C20H29N3O3. The summed E-state index contributed by atoms with van der Waals surface area (Å²) < 4.78 is 10.5. The maximum Gasteiger partial charge on any atom is 0.319 e. The molecule has 6 nitrogen and oxygen atoms in total. The van der Waals surface area contributed by atoms with Crippen LogP contribution >= 0.6 is 0 Å². The SMILES string of the molecule is COc1ncc([C@]2(O)CC[C@H]3CN(C[C@@H]4CC=CCC4)C[C@H]32)c(OC)n1. The van der Waals surface area contributed by atoms with Crippen molar-refractivity contribution in [2.75, 3.05) is 33.9 Å². The summed E-state index contributed by atoms with van der Waals surface area (Å²) in [6.07, 6.45) is 11.8. The van der Waals surface area contributed by atoms with E-state index in [1.54, 1.807) is 13.3 Å². The molecule has 4 rings (SSSR count). The molecule has 0 aromatic carbocycles. The summed E-state index contributed by atoms with van der Waals surface area (Å²) in [4.78, 5) is 11.1. The number of likely N-dealkylation sites (tertiary alicyclic amines) is 1. The lowest BCUT2D eigenvalue weighted by Crippen LogP contribution is -2.36. The van der Waals surface area contributed by atoms with Crippen LogP contribution in [-0.2, 0) is 5.60 Å². The van der Waals surface area contributed by atoms with E-state index < -0.39 is 5.60 Å². The minimum Gasteiger partial charge on any atom is -0.481 e. The average molecular weight is 359 g/mol. The number of aromatic nitrogens is 2. The molecule has 1 aromatic heterocycles. The number of allylic oxidation sites excluding steroid dienone is 2. The molecule has 1 aliphatic heterocycles. The molecule has 1 saturated heterocycles. The van der Waals surface area contributed by atoms with Gasteiger partial charge in [-0.15, -0.1) is 0 Å². The fourth-order valence-corrected chi connectivity index (χ4v) is 5.16. The number of rotatable bonds is 5. The van der Waals surface area contributed by atoms with Crippen LogP contribution in [0.15, 0.2) is 18.3 Å². The van der Waals surface area contributed by atoms with Crippen molar-refractivity contribution in [3.63, 3.8) is 0 Å². The smallest absolute Gasteiger partial charge is 0.319 e. The zero-order chi connectivity index (χ0) is 18.1. The molecule has 0 bridgehead atoms. The summed E-state index contributed by atoms with van der Waals surface area (Å²) in [6, 6.07) is 0.266. The predicted molar refractivity (Wildman–Crippen MR) is 98.2 cm³/mol. The van der Waals surface area contributed by atoms with Crippen LogP contribution < -0.4 is 9.47 Å². The van der Waals surface area contributed by atoms with Crippen molar-refractivity contribution >= 4 is 0 Å². The minimum absolute atomic E-state index is 0.215. The van der Waals surface area contributed by atoms with E-state index in [0.29, 0.717) is 17.4 Å². The third-order valence-electron chi connectivity index (χ3n) is 6.49. The Kier molecular flexibility index (Phi) is 4.88. The number of ether oxygens (including phenoxy) is 2. The first-order valence-corrected chi connectivity index (χ1v) is 9.69. The molecule has 4 atom stereocenters. The molecular weight excluding hydrogens is 330 g/mol. The highest BCUT2D eigenvalue weighted by Crippen LogP contribution is 2.52. The number of aliphatic hydroxyl groups is 1. The molecule has 0 amide bonds. The average Bonchev–Trinajstić information content (AvgIpc) is 3.22. The van der Waals surface area contributed by atoms with Gasteiger partial charge in [0.25, 0.3) is 0 Å². The van der Waals surface area contributed by atoms with Gasteiger partial charge >= 0.3 is 6.01 Å². The fourth-order valence-electron chi connectivity index (χ4n) is 5.16. The lowest BCUT2D eigenvalue weighted by atomic mass is 9.83. The second kappa shape index (κ2) is 7.16. The van der Waals surface area contributed by atoms with Crippen LogP contribution in [0.4, 0.5) is 0 Å². The Labute approximate surface area is 155 Å². The van der Waals surface area contributed by atoms with Gasteiger partial charge in [0.05, 0.1) is 19.8 Å². The van der Waals surface area contributed by atoms with E-state index in [1.165, 1.54) is 26.4 Å². The predicted octanol–water partition coefficient (Wildman–Crippen LogP) is 2.38. The Hall–Kier alpha value is -1.66. The largest absolute Gasteiger partial charge is 0.481 e. The van der Waals surface area contributed by atoms with E-state index >= 15 is 0 Å². The Morgan fingerprint density at radius 1 is 1.23 bits per heavy atom. The molecule has 1 N–H and O–H groups in total. The second-order valence-electron chi connectivity index (χ2n) is 7.98. The topological polar surface area (TPSA) is 67.7 Å². The van der Waals surface area contributed by atoms with Gasteiger partial charge in [-0.1, -0.05) is 12.2 Å². The van der Waals surface area contributed by atoms with Crippen LogP contribution in [0.25, 0.3) is 0 Å². The van der Waals surface area contributed by atoms with E-state index in [0.717, 1.165) is 38.4 Å². The highest BCUT2D eigenvalue weighted by atomic mass is 16.5. The summed E-state index contributed by atoms with van der Waals surface area (Å²) in [5.41, 5.74) is -0.209. The van der Waals surface area contributed by atoms with Gasteiger partial charge in [-0.25, -0.2) is 4.98 Å². The van der Waals surface area contributed by atoms with Crippen molar-refractivity contribution < 1.29 is 14.6 Å². The van der Waals surface area contributed by atoms with Gasteiger partial charge in [0, 0.05) is 31.7 Å². The van der Waals surface area contributed by atoms with Gasteiger partial charge in [-0.2, -0.15) is 4.98 Å². The Balaban J connectivity index is 1.52. The molecule has 0 radical (unpaired) electrons. The number of hydrogen-bond donors (Lipinski definition) is 1. The van der Waals surface area contributed by atoms with Crippen LogP contribution in [-0.4, -0.2) is 53.8 Å². The van der Waals surface area contributed by atoms with Crippen molar-refractivity contribution in [3.8, 4) is 11.9 Å². The van der Waals surface area contributed by atoms with E-state index in [9.17, 15) is 5.11 Å². The summed E-state index contributed by atoms with van der Waals surface area (Å²) >= 11 is 0. The van der Waals surface area contributed by atoms with Gasteiger partial charge < -0.3 is 19.5 Å². The summed E-state index contributed by atoms with van der Waals surface area (Å²) in [5.74, 6) is 1.93. The highest BCUT2D eigenvalue weighted by Gasteiger charge is 2.54. The van der Waals surface area contributed by atoms with E-state index in [1.807, 2.05) is 0 Å². The standard InChI is InChI=1S/C20H29N3O3/c1-25-18-16(10-21-19(22-18)26-2)20(24)9-8-15-12-23(13-17(15)20)11-14-6-4-3-5-7-14/h3-4,10,14-15,17,24H,5-9,11-13H2,1-2H3/t14-,15+,17-,20-/m1/s1. The van der Waals surface area contributed by atoms with Gasteiger partial charge in [0.1, 0.15) is 5.60 Å². The van der Waals surface area contributed by atoms with E-state index in [4.69, 9.17) is 9.47 Å². The molecule has 0 unspecified atom stereocenters. The van der Waals surface area contributed by atoms with Gasteiger partial charge in [0.2, 0.25) is 5.88 Å². The van der Waals surface area contributed by atoms with Crippen molar-refractivity contribution in [1.29, 1.82) is 0 Å². The Morgan fingerprint density at radius 2 is 2.12 bits per heavy atom. The van der Waals surface area contributed by atoms with E-state index in [-0.39, 0.29) is 11.9 Å². The maximum atomic E-state index is 11.6. The molecule has 3 aliphatic rings. The van der Waals surface area contributed by atoms with Crippen molar-refractivity contribution in [3.05, 3.63) is 23.9 Å². The summed E-state index contributed by atoms with van der Waals surface area (Å²) in [5, 5.41) is 11.6. The van der Waals surface area contributed by atoms with Crippen LogP contribution in [0.1, 0.15) is 37.7 Å². The minimum atomic E-state index is -0.913. The van der Waals surface area contributed by atoms with E-state index in [2.05, 4.69) is 27.0 Å². The van der Waals surface area contributed by atoms with Crippen LogP contribution in [0.5, 0.6) is 11.9 Å². The van der Waals surface area contributed by atoms with Gasteiger partial charge in [0.15, 0.2) is 0 Å². The van der Waals surface area contributed by atoms with Crippen LogP contribution in [0, 0.1) is 17.8 Å². The third-order valence-corrected chi connectivity index (χ3v) is 6.49. The van der Waals surface area contributed by atoms with Crippen LogP contribution in [0.3, 0.4) is 0 Å². The Morgan fingerprint density at radius 3 is 2.85 bits per heavy atom. The van der Waals surface area contributed by atoms with Crippen molar-refractivity contribution in [2.45, 2.75) is 37.7 Å². The third kappa shape index (κ3) is 3.09. The molecule has 6 heteroatoms. The molecule has 142 valence electrons. The first kappa shape index (κ1) is 17.7. The highest BCUT2D eigenvalue weighted by molar-refractivity contribution is 5.34. The first-order valence-electron chi connectivity index (χ1n) is 9.69. The molecule has 2 fully saturated rings. The normalized spacial score (nSPS) is 34.0. The number of fused-ring (bicyclic) bond motifs is 1. The van der Waals surface area contributed by atoms with Gasteiger partial charge in [-0.3, -0.25) is 0 Å². The lowest BCUT2D eigenvalue weighted by molar-refractivity contribution is -0.00997. The summed E-state index contributed by atoms with van der Waals surface area (Å²) in [7, 11) is 3.11. The molecule has 26 heavy (non-hydrogen) atoms. The molecule has 1 aromatic rings. The Bertz CT molecular complexity index is 680. The maximum absolute atomic E-state index is 11.6. The second-order valence-corrected chi connectivity index (χ2v) is 7.98. The number of methoxy groups -OCH3 is 2. The number of nitrogens with zero attached hydrogens (tertiary/aromatic N) is 3. The van der Waals surface area contributed by atoms with Crippen molar-refractivity contribution in [2.24, 2.45) is 17.8 Å². The van der Waals surface area contributed by atoms with Crippen LogP contribution in [0.2, 0.25) is 0 Å². The number of hydrogen-bond acceptors (Lipinski definition) is 6. The molecule has 2 aliphatic carbocycles. The zero-order valence-electron chi connectivity index (χ0n) is 15.7. The fraction of sp³-hybridized carbons (Fsp3) is 0.700.